The number of carbonyl (C=O) groups excluding carboxylic acids is 2. The average molecular weight is 371 g/mol. The van der Waals surface area contributed by atoms with Crippen molar-refractivity contribution >= 4 is 11.8 Å². The van der Waals surface area contributed by atoms with E-state index in [1.807, 2.05) is 30.3 Å². The van der Waals surface area contributed by atoms with Crippen LogP contribution in [0.2, 0.25) is 0 Å². The zero-order chi connectivity index (χ0) is 24.0. The highest BCUT2D eigenvalue weighted by molar-refractivity contribution is 5.86. The van der Waals surface area contributed by atoms with Crippen molar-refractivity contribution in [1.29, 1.82) is 0 Å². The Bertz CT molecular complexity index is 818. The number of β-lactam (4-membered cyclic amide) rings is 2. The van der Waals surface area contributed by atoms with Crippen LogP contribution in [0.5, 0.6) is 0 Å². The first-order chi connectivity index (χ1) is 14.0. The number of hydrogen-bond acceptors (Lipinski definition) is 4. The minimum atomic E-state index is -2.34. The fourth-order valence-electron chi connectivity index (χ4n) is 2.44. The predicted octanol–water partition coefficient (Wildman–Crippen LogP) is 3.64. The lowest BCUT2D eigenvalue weighted by atomic mass is 9.80. The third-order valence-electron chi connectivity index (χ3n) is 4.90. The van der Waals surface area contributed by atoms with Crippen molar-refractivity contribution in [3.63, 3.8) is 0 Å². The topological polar surface area (TPSA) is 70.1 Å². The van der Waals surface area contributed by atoms with Gasteiger partial charge in [-0.15, -0.1) is 0 Å². The number of hydroxylamine groups is 4. The summed E-state index contributed by atoms with van der Waals surface area (Å²) in [5.41, 5.74) is -1.77. The van der Waals surface area contributed by atoms with E-state index in [2.05, 4.69) is 0 Å². The molecule has 0 saturated carbocycles. The Morgan fingerprint density at radius 2 is 1.62 bits per heavy atom. The molecule has 6 heteroatoms. The molecule has 2 aliphatic rings. The number of carbonyl (C=O) groups is 2. The van der Waals surface area contributed by atoms with Crippen LogP contribution in [-0.2, 0) is 21.0 Å². The number of hydrogen-bond donors (Lipinski definition) is 1. The molecular formula is C20H32N2O4. The summed E-state index contributed by atoms with van der Waals surface area (Å²) >= 11 is 0. The minimum Gasteiger partial charge on any atom is -0.285 e. The first-order valence-electron chi connectivity index (χ1n) is 11.0. The Morgan fingerprint density at radius 1 is 1.08 bits per heavy atom. The minimum absolute atomic E-state index is 0. The number of rotatable bonds is 3. The molecule has 0 spiro atoms. The van der Waals surface area contributed by atoms with Gasteiger partial charge in [-0.1, -0.05) is 51.6 Å². The van der Waals surface area contributed by atoms with E-state index in [9.17, 15) is 9.59 Å². The molecule has 4 atom stereocenters. The highest BCUT2D eigenvalue weighted by atomic mass is 16.7. The summed E-state index contributed by atoms with van der Waals surface area (Å²) in [6.45, 7) is 1.60. The lowest BCUT2D eigenvalue weighted by Crippen LogP contribution is -2.66. The summed E-state index contributed by atoms with van der Waals surface area (Å²) in [6, 6.07) is 9.33. The molecule has 6 nitrogen and oxygen atoms in total. The summed E-state index contributed by atoms with van der Waals surface area (Å²) in [4.78, 5) is 28.1. The predicted molar refractivity (Wildman–Crippen MR) is 99.9 cm³/mol. The summed E-state index contributed by atoms with van der Waals surface area (Å²) in [5, 5.41) is 10.4. The summed E-state index contributed by atoms with van der Waals surface area (Å²) < 4.78 is 44.1. The molecule has 1 N–H and O–H groups in total. The van der Waals surface area contributed by atoms with Gasteiger partial charge in [-0.2, -0.15) is 0 Å². The number of nitrogens with zero attached hydrogens (tertiary/aromatic N) is 2. The molecule has 0 unspecified atom stereocenters. The van der Waals surface area contributed by atoms with Gasteiger partial charge in [-0.05, 0) is 33.1 Å². The van der Waals surface area contributed by atoms with E-state index in [-0.39, 0.29) is 19.9 Å². The van der Waals surface area contributed by atoms with Gasteiger partial charge < -0.3 is 0 Å². The quantitative estimate of drug-likeness (QED) is 0.651. The van der Waals surface area contributed by atoms with Crippen molar-refractivity contribution in [3.8, 4) is 0 Å². The van der Waals surface area contributed by atoms with Crippen molar-refractivity contribution in [3.05, 3.63) is 35.9 Å². The molecule has 2 fully saturated rings. The molecule has 3 rings (SSSR count). The Kier molecular flexibility index (Phi) is 4.23. The maximum atomic E-state index is 11.8. The Morgan fingerprint density at radius 3 is 2.08 bits per heavy atom. The third-order valence-corrected chi connectivity index (χ3v) is 4.90. The van der Waals surface area contributed by atoms with E-state index in [0.29, 0.717) is 5.06 Å². The Balaban J connectivity index is 0.000000342. The fraction of sp³-hybridized carbons (Fsp3) is 0.600. The van der Waals surface area contributed by atoms with Crippen LogP contribution in [0.3, 0.4) is 0 Å². The molecule has 0 aromatic heterocycles. The zero-order valence-electron chi connectivity index (χ0n) is 20.8. The highest BCUT2D eigenvalue weighted by Gasteiger charge is 2.52. The van der Waals surface area contributed by atoms with E-state index >= 15 is 0 Å². The molecule has 26 heavy (non-hydrogen) atoms. The van der Waals surface area contributed by atoms with Crippen LogP contribution < -0.4 is 0 Å². The maximum absolute atomic E-state index is 11.8. The molecule has 1 aromatic carbocycles. The maximum Gasteiger partial charge on any atom is 0.251 e. The molecule has 0 radical (unpaired) electrons. The van der Waals surface area contributed by atoms with Gasteiger partial charge in [0.15, 0.2) is 0 Å². The molecule has 2 saturated heterocycles. The Hall–Kier alpha value is -1.92. The van der Waals surface area contributed by atoms with E-state index in [1.54, 1.807) is 6.92 Å². The van der Waals surface area contributed by atoms with E-state index < -0.39 is 42.5 Å². The van der Waals surface area contributed by atoms with Crippen molar-refractivity contribution in [2.75, 3.05) is 0 Å². The van der Waals surface area contributed by atoms with Crippen LogP contribution in [0.1, 0.15) is 62.6 Å². The normalized spacial score (nSPS) is 37.1. The lowest BCUT2D eigenvalue weighted by molar-refractivity contribution is -0.270. The molecule has 0 bridgehead atoms. The zero-order valence-corrected chi connectivity index (χ0v) is 14.8. The molecule has 146 valence electrons. The lowest BCUT2D eigenvalue weighted by Gasteiger charge is -2.50. The molecule has 2 heterocycles. The standard InChI is InChI=1S/C13H17NO2.C6H11NO2.CH4/c1-10-12(15)14(13(10,2)3)16-9-11-7-5-4-6-8-11;1-4-5(8)7(9)6(4,2)3;/h4-8,10H,9H2,1-3H3;4,9H,1-3H3;1H4/t10-;4-;/m11./s1/i2*2D3;/t10-,13-;4-,6-;. The van der Waals surface area contributed by atoms with Crippen LogP contribution in [0.25, 0.3) is 0 Å². The van der Waals surface area contributed by atoms with Gasteiger partial charge >= 0.3 is 0 Å². The smallest absolute Gasteiger partial charge is 0.251 e. The van der Waals surface area contributed by atoms with E-state index in [4.69, 9.17) is 18.3 Å². The molecular weight excluding hydrogens is 332 g/mol. The summed E-state index contributed by atoms with van der Waals surface area (Å²) in [6.07, 6.45) is 0. The van der Waals surface area contributed by atoms with Crippen LogP contribution in [0.15, 0.2) is 30.3 Å². The first-order valence-corrected chi connectivity index (χ1v) is 8.05. The van der Waals surface area contributed by atoms with E-state index in [0.717, 1.165) is 10.6 Å². The van der Waals surface area contributed by atoms with E-state index in [1.165, 1.54) is 20.8 Å². The monoisotopic (exact) mass is 370 g/mol. The fourth-order valence-corrected chi connectivity index (χ4v) is 2.44. The largest absolute Gasteiger partial charge is 0.285 e. The molecule has 2 amide bonds. The van der Waals surface area contributed by atoms with Gasteiger partial charge in [0.1, 0.15) is 6.61 Å². The SMILES string of the molecule is C.[2H]C([2H])([2H])[C@@]1(C)[C@H](C)C(=O)N1O.[2H]C([2H])([2H])[C@@]1(C)[C@H](C)C(=O)N1OCc1ccccc1. The summed E-state index contributed by atoms with van der Waals surface area (Å²) in [5.74, 6) is -2.02. The third kappa shape index (κ3) is 3.76. The van der Waals surface area contributed by atoms with Crippen LogP contribution >= 0.6 is 0 Å². The van der Waals surface area contributed by atoms with Crippen molar-refractivity contribution < 1.29 is 27.9 Å². The summed E-state index contributed by atoms with van der Waals surface area (Å²) in [7, 11) is 0. The highest BCUT2D eigenvalue weighted by Crippen LogP contribution is 2.37. The van der Waals surface area contributed by atoms with Crippen molar-refractivity contribution in [2.45, 2.75) is 66.5 Å². The van der Waals surface area contributed by atoms with Gasteiger partial charge in [0.05, 0.1) is 22.9 Å². The van der Waals surface area contributed by atoms with Gasteiger partial charge in [0, 0.05) is 8.22 Å². The average Bonchev–Trinajstić information content (AvgIpc) is 2.71. The number of benzene rings is 1. The molecule has 1 aromatic rings. The van der Waals surface area contributed by atoms with Gasteiger partial charge in [0.25, 0.3) is 11.8 Å². The first kappa shape index (κ1) is 14.2. The second-order valence-electron chi connectivity index (χ2n) is 6.78. The number of amides is 2. The molecule has 0 aliphatic carbocycles. The van der Waals surface area contributed by atoms with Crippen LogP contribution in [-0.4, -0.2) is 38.2 Å². The van der Waals surface area contributed by atoms with Crippen molar-refractivity contribution in [2.24, 2.45) is 11.8 Å². The van der Waals surface area contributed by atoms with Crippen LogP contribution in [0.4, 0.5) is 0 Å². The van der Waals surface area contributed by atoms with Crippen molar-refractivity contribution in [1.82, 2.24) is 10.1 Å². The van der Waals surface area contributed by atoms with Gasteiger partial charge in [-0.25, -0.2) is 10.1 Å². The van der Waals surface area contributed by atoms with Gasteiger partial charge in [0.2, 0.25) is 0 Å². The second-order valence-corrected chi connectivity index (χ2v) is 6.78. The second kappa shape index (κ2) is 7.76. The van der Waals surface area contributed by atoms with Gasteiger partial charge in [-0.3, -0.25) is 19.6 Å². The van der Waals surface area contributed by atoms with Crippen LogP contribution in [0, 0.1) is 11.8 Å². The molecule has 2 aliphatic heterocycles. The Labute approximate surface area is 165 Å².